The molecule has 1 saturated heterocycles. The quantitative estimate of drug-likeness (QED) is 0.775. The van der Waals surface area contributed by atoms with E-state index in [1.165, 1.54) is 0 Å². The zero-order valence-electron chi connectivity index (χ0n) is 11.6. The Morgan fingerprint density at radius 1 is 1.00 bits per heavy atom. The van der Waals surface area contributed by atoms with Gasteiger partial charge in [-0.2, -0.15) is 0 Å². The van der Waals surface area contributed by atoms with Crippen molar-refractivity contribution >= 4 is 23.5 Å². The molecule has 1 fully saturated rings. The molecule has 0 unspecified atom stereocenters. The largest absolute Gasteiger partial charge is 0.325 e. The van der Waals surface area contributed by atoms with Gasteiger partial charge < -0.3 is 10.2 Å². The van der Waals surface area contributed by atoms with Gasteiger partial charge in [-0.25, -0.2) is 4.79 Å². The van der Waals surface area contributed by atoms with E-state index in [4.69, 9.17) is 0 Å². The molecule has 4 amide bonds. The van der Waals surface area contributed by atoms with Crippen LogP contribution in [0.1, 0.15) is 46.4 Å². The van der Waals surface area contributed by atoms with Crippen molar-refractivity contribution in [3.63, 3.8) is 0 Å². The van der Waals surface area contributed by atoms with Gasteiger partial charge >= 0.3 is 6.03 Å². The Morgan fingerprint density at radius 2 is 1.67 bits per heavy atom. The third-order valence-corrected chi connectivity index (χ3v) is 3.88. The van der Waals surface area contributed by atoms with E-state index in [0.717, 1.165) is 38.8 Å². The van der Waals surface area contributed by atoms with Gasteiger partial charge in [0.1, 0.15) is 0 Å². The van der Waals surface area contributed by atoms with Crippen molar-refractivity contribution in [1.82, 2.24) is 10.2 Å². The second kappa shape index (κ2) is 5.55. The number of nitrogens with zero attached hydrogens (tertiary/aromatic N) is 1. The summed E-state index contributed by atoms with van der Waals surface area (Å²) in [5.74, 6) is -0.804. The average molecular weight is 287 g/mol. The normalized spacial score (nSPS) is 18.0. The van der Waals surface area contributed by atoms with Crippen LogP contribution >= 0.6 is 0 Å². The maximum Gasteiger partial charge on any atom is 0.321 e. The lowest BCUT2D eigenvalue weighted by atomic mass is 10.1. The molecule has 110 valence electrons. The number of fused-ring (bicyclic) bond motifs is 1. The Morgan fingerprint density at radius 3 is 2.38 bits per heavy atom. The van der Waals surface area contributed by atoms with Gasteiger partial charge in [-0.15, -0.1) is 0 Å². The molecule has 0 radical (unpaired) electrons. The lowest BCUT2D eigenvalue weighted by Crippen LogP contribution is -2.35. The molecule has 2 N–H and O–H groups in total. The fraction of sp³-hybridized carbons (Fsp3) is 0.400. The average Bonchev–Trinajstić information content (AvgIpc) is 2.68. The smallest absolute Gasteiger partial charge is 0.321 e. The Balaban J connectivity index is 1.73. The molecular weight excluding hydrogens is 270 g/mol. The van der Waals surface area contributed by atoms with Crippen LogP contribution in [-0.2, 0) is 0 Å². The van der Waals surface area contributed by atoms with Gasteiger partial charge in [0, 0.05) is 18.8 Å². The number of imide groups is 1. The highest BCUT2D eigenvalue weighted by atomic mass is 16.2. The van der Waals surface area contributed by atoms with Crippen LogP contribution in [0.4, 0.5) is 10.5 Å². The summed E-state index contributed by atoms with van der Waals surface area (Å²) in [5, 5.41) is 5.03. The second-order valence-corrected chi connectivity index (χ2v) is 5.38. The number of carbonyl (C=O) groups excluding carboxylic acids is 3. The number of anilines is 1. The summed E-state index contributed by atoms with van der Waals surface area (Å²) >= 11 is 0. The van der Waals surface area contributed by atoms with Crippen LogP contribution in [0.15, 0.2) is 18.2 Å². The highest BCUT2D eigenvalue weighted by Gasteiger charge is 2.27. The molecule has 3 rings (SSSR count). The molecule has 6 nitrogen and oxygen atoms in total. The van der Waals surface area contributed by atoms with E-state index in [-0.39, 0.29) is 11.9 Å². The summed E-state index contributed by atoms with van der Waals surface area (Å²) in [7, 11) is 0. The monoisotopic (exact) mass is 287 g/mol. The van der Waals surface area contributed by atoms with Crippen LogP contribution < -0.4 is 10.6 Å². The van der Waals surface area contributed by atoms with E-state index in [2.05, 4.69) is 10.6 Å². The lowest BCUT2D eigenvalue weighted by Gasteiger charge is -2.20. The van der Waals surface area contributed by atoms with Gasteiger partial charge in [0.05, 0.1) is 11.1 Å². The van der Waals surface area contributed by atoms with Gasteiger partial charge in [-0.1, -0.05) is 12.8 Å². The number of rotatable bonds is 1. The van der Waals surface area contributed by atoms with Gasteiger partial charge in [-0.05, 0) is 31.0 Å². The van der Waals surface area contributed by atoms with Crippen LogP contribution in [0.3, 0.4) is 0 Å². The molecule has 1 aromatic rings. The Kier molecular flexibility index (Phi) is 3.60. The highest BCUT2D eigenvalue weighted by Crippen LogP contribution is 2.21. The maximum absolute atomic E-state index is 12.2. The fourth-order valence-corrected chi connectivity index (χ4v) is 2.72. The third kappa shape index (κ3) is 2.74. The van der Waals surface area contributed by atoms with Crippen LogP contribution in [0.5, 0.6) is 0 Å². The first-order valence-corrected chi connectivity index (χ1v) is 7.21. The molecule has 6 heteroatoms. The summed E-state index contributed by atoms with van der Waals surface area (Å²) in [6.07, 6.45) is 4.36. The van der Waals surface area contributed by atoms with E-state index in [9.17, 15) is 14.4 Å². The number of hydrogen-bond acceptors (Lipinski definition) is 3. The minimum Gasteiger partial charge on any atom is -0.325 e. The van der Waals surface area contributed by atoms with E-state index in [1.54, 1.807) is 23.1 Å². The Labute approximate surface area is 122 Å². The van der Waals surface area contributed by atoms with Gasteiger partial charge in [0.2, 0.25) is 0 Å². The van der Waals surface area contributed by atoms with E-state index >= 15 is 0 Å². The Hall–Kier alpha value is -2.37. The Bertz CT molecular complexity index is 604. The number of urea groups is 1. The van der Waals surface area contributed by atoms with Crippen molar-refractivity contribution in [3.8, 4) is 0 Å². The van der Waals surface area contributed by atoms with Gasteiger partial charge in [-0.3, -0.25) is 14.9 Å². The summed E-state index contributed by atoms with van der Waals surface area (Å²) in [5.41, 5.74) is 1.20. The molecule has 0 aromatic heterocycles. The minimum atomic E-state index is -0.416. The van der Waals surface area contributed by atoms with Crippen molar-refractivity contribution in [2.45, 2.75) is 25.7 Å². The van der Waals surface area contributed by atoms with Gasteiger partial charge in [0.15, 0.2) is 0 Å². The maximum atomic E-state index is 12.2. The van der Waals surface area contributed by atoms with Crippen LogP contribution in [0.25, 0.3) is 0 Å². The lowest BCUT2D eigenvalue weighted by molar-refractivity contribution is 0.0879. The number of likely N-dealkylation sites (tertiary alicyclic amines) is 1. The van der Waals surface area contributed by atoms with Crippen LogP contribution in [0.2, 0.25) is 0 Å². The molecule has 0 atom stereocenters. The summed E-state index contributed by atoms with van der Waals surface area (Å²) in [6.45, 7) is 1.52. The number of amides is 4. The molecule has 21 heavy (non-hydrogen) atoms. The van der Waals surface area contributed by atoms with Crippen molar-refractivity contribution < 1.29 is 14.4 Å². The molecule has 2 aliphatic heterocycles. The standard InChI is InChI=1S/C15H17N3O3/c19-13-11-6-5-10(9-12(11)14(20)17-13)16-15(21)18-7-3-1-2-4-8-18/h5-6,9H,1-4,7-8H2,(H,16,21)(H,17,19,20). The first kappa shape index (κ1) is 13.6. The van der Waals surface area contributed by atoms with E-state index in [0.29, 0.717) is 16.8 Å². The van der Waals surface area contributed by atoms with Crippen molar-refractivity contribution in [3.05, 3.63) is 29.3 Å². The van der Waals surface area contributed by atoms with Crippen LogP contribution in [0, 0.1) is 0 Å². The second-order valence-electron chi connectivity index (χ2n) is 5.38. The SMILES string of the molecule is O=C1NC(=O)c2cc(NC(=O)N3CCCCCC3)ccc21. The predicted octanol–water partition coefficient (Wildman–Crippen LogP) is 1.98. The predicted molar refractivity (Wildman–Crippen MR) is 77.3 cm³/mol. The molecule has 0 bridgehead atoms. The first-order valence-electron chi connectivity index (χ1n) is 7.21. The van der Waals surface area contributed by atoms with Gasteiger partial charge in [0.25, 0.3) is 11.8 Å². The summed E-state index contributed by atoms with van der Waals surface area (Å²) in [4.78, 5) is 37.1. The molecule has 2 aliphatic rings. The van der Waals surface area contributed by atoms with Crippen LogP contribution in [-0.4, -0.2) is 35.8 Å². The highest BCUT2D eigenvalue weighted by molar-refractivity contribution is 6.22. The molecule has 0 aliphatic carbocycles. The summed E-state index contributed by atoms with van der Waals surface area (Å²) in [6, 6.07) is 4.60. The van der Waals surface area contributed by atoms with Crippen molar-refractivity contribution in [2.24, 2.45) is 0 Å². The zero-order valence-corrected chi connectivity index (χ0v) is 11.6. The minimum absolute atomic E-state index is 0.151. The van der Waals surface area contributed by atoms with Crippen molar-refractivity contribution in [2.75, 3.05) is 18.4 Å². The van der Waals surface area contributed by atoms with E-state index in [1.807, 2.05) is 0 Å². The number of benzene rings is 1. The number of carbonyl (C=O) groups is 3. The third-order valence-electron chi connectivity index (χ3n) is 3.88. The first-order chi connectivity index (χ1) is 10.1. The molecule has 0 spiro atoms. The molecular formula is C15H17N3O3. The topological polar surface area (TPSA) is 78.5 Å². The molecule has 0 saturated carbocycles. The van der Waals surface area contributed by atoms with E-state index < -0.39 is 5.91 Å². The fourth-order valence-electron chi connectivity index (χ4n) is 2.72. The summed E-state index contributed by atoms with van der Waals surface area (Å²) < 4.78 is 0. The molecule has 2 heterocycles. The number of nitrogens with one attached hydrogen (secondary N) is 2. The number of hydrogen-bond donors (Lipinski definition) is 2. The zero-order chi connectivity index (χ0) is 14.8. The van der Waals surface area contributed by atoms with Crippen molar-refractivity contribution in [1.29, 1.82) is 0 Å². The molecule has 1 aromatic carbocycles.